The molecule has 2 heterocycles. The number of halogens is 1. The van der Waals surface area contributed by atoms with Gasteiger partial charge in [-0.2, -0.15) is 9.78 Å². The number of aromatic nitrogens is 4. The predicted molar refractivity (Wildman–Crippen MR) is 75.1 cm³/mol. The maximum Gasteiger partial charge on any atom is 0.159 e. The molecular formula is C11H14IN5. The molecule has 0 aliphatic carbocycles. The SMILES string of the molecule is Cc1cc(-n2nc(C(C)C)c(I)c2N)ncn1. The lowest BCUT2D eigenvalue weighted by atomic mass is 10.1. The smallest absolute Gasteiger partial charge is 0.159 e. The summed E-state index contributed by atoms with van der Waals surface area (Å²) < 4.78 is 2.67. The van der Waals surface area contributed by atoms with E-state index in [-0.39, 0.29) is 0 Å². The molecule has 0 amide bonds. The summed E-state index contributed by atoms with van der Waals surface area (Å²) in [6.45, 7) is 6.11. The fourth-order valence-electron chi connectivity index (χ4n) is 1.53. The van der Waals surface area contributed by atoms with Crippen molar-refractivity contribution in [1.29, 1.82) is 0 Å². The van der Waals surface area contributed by atoms with Gasteiger partial charge in [0.2, 0.25) is 0 Å². The maximum absolute atomic E-state index is 6.06. The number of anilines is 1. The summed E-state index contributed by atoms with van der Waals surface area (Å²) in [4.78, 5) is 8.25. The van der Waals surface area contributed by atoms with E-state index in [1.54, 1.807) is 4.68 Å². The standard InChI is InChI=1S/C11H14IN5/c1-6(2)10-9(12)11(13)17(16-10)8-4-7(3)14-5-15-8/h4-6H,13H2,1-3H3. The van der Waals surface area contributed by atoms with Gasteiger partial charge in [0.1, 0.15) is 12.1 Å². The molecule has 0 aromatic carbocycles. The van der Waals surface area contributed by atoms with Crippen LogP contribution < -0.4 is 5.73 Å². The summed E-state index contributed by atoms with van der Waals surface area (Å²) in [5.41, 5.74) is 7.95. The number of hydrogen-bond acceptors (Lipinski definition) is 4. The molecule has 0 fully saturated rings. The Kier molecular flexibility index (Phi) is 3.32. The lowest BCUT2D eigenvalue weighted by Crippen LogP contribution is -2.05. The van der Waals surface area contributed by atoms with Crippen LogP contribution in [0.4, 0.5) is 5.82 Å². The van der Waals surface area contributed by atoms with Crippen molar-refractivity contribution < 1.29 is 0 Å². The van der Waals surface area contributed by atoms with Gasteiger partial charge in [-0.25, -0.2) is 9.97 Å². The Labute approximate surface area is 114 Å². The van der Waals surface area contributed by atoms with E-state index in [0.717, 1.165) is 15.0 Å². The van der Waals surface area contributed by atoms with Crippen LogP contribution in [-0.2, 0) is 0 Å². The first-order valence-corrected chi connectivity index (χ1v) is 6.41. The second-order valence-electron chi connectivity index (χ2n) is 4.17. The van der Waals surface area contributed by atoms with Crippen LogP contribution in [0.5, 0.6) is 0 Å². The fourth-order valence-corrected chi connectivity index (χ4v) is 2.49. The molecular weight excluding hydrogens is 329 g/mol. The minimum Gasteiger partial charge on any atom is -0.383 e. The first kappa shape index (κ1) is 12.3. The Bertz CT molecular complexity index is 547. The number of aryl methyl sites for hydroxylation is 1. The third-order valence-electron chi connectivity index (χ3n) is 2.44. The molecule has 2 aromatic heterocycles. The van der Waals surface area contributed by atoms with Gasteiger partial charge in [-0.3, -0.25) is 0 Å². The number of rotatable bonds is 2. The Morgan fingerprint density at radius 2 is 2.06 bits per heavy atom. The van der Waals surface area contributed by atoms with E-state index < -0.39 is 0 Å². The van der Waals surface area contributed by atoms with Gasteiger partial charge in [-0.05, 0) is 35.4 Å². The zero-order valence-electron chi connectivity index (χ0n) is 9.98. The number of nitrogens with zero attached hydrogens (tertiary/aromatic N) is 4. The monoisotopic (exact) mass is 343 g/mol. The highest BCUT2D eigenvalue weighted by Crippen LogP contribution is 2.26. The first-order chi connectivity index (χ1) is 8.00. The van der Waals surface area contributed by atoms with Crippen molar-refractivity contribution in [2.75, 3.05) is 5.73 Å². The van der Waals surface area contributed by atoms with Crippen molar-refractivity contribution in [2.24, 2.45) is 0 Å². The Morgan fingerprint density at radius 3 is 2.59 bits per heavy atom. The van der Waals surface area contributed by atoms with Crippen molar-refractivity contribution in [1.82, 2.24) is 19.7 Å². The van der Waals surface area contributed by atoms with Gasteiger partial charge >= 0.3 is 0 Å². The van der Waals surface area contributed by atoms with E-state index in [0.29, 0.717) is 17.6 Å². The predicted octanol–water partition coefficient (Wildman–Crippen LogP) is 2.28. The van der Waals surface area contributed by atoms with Crippen LogP contribution in [0.15, 0.2) is 12.4 Å². The zero-order valence-corrected chi connectivity index (χ0v) is 12.1. The molecule has 2 aromatic rings. The Hall–Kier alpha value is -1.18. The average Bonchev–Trinajstić information content (AvgIpc) is 2.56. The fraction of sp³-hybridized carbons (Fsp3) is 0.364. The van der Waals surface area contributed by atoms with Gasteiger partial charge in [0, 0.05) is 11.8 Å². The van der Waals surface area contributed by atoms with Crippen LogP contribution in [0.25, 0.3) is 5.82 Å². The van der Waals surface area contributed by atoms with E-state index in [1.807, 2.05) is 13.0 Å². The van der Waals surface area contributed by atoms with Crippen LogP contribution in [0, 0.1) is 10.5 Å². The number of nitrogen functional groups attached to an aromatic ring is 1. The largest absolute Gasteiger partial charge is 0.383 e. The molecule has 2 N–H and O–H groups in total. The molecule has 0 saturated heterocycles. The van der Waals surface area contributed by atoms with Gasteiger partial charge in [0.05, 0.1) is 9.26 Å². The van der Waals surface area contributed by atoms with Gasteiger partial charge < -0.3 is 5.73 Å². The molecule has 0 spiro atoms. The molecule has 0 bridgehead atoms. The van der Waals surface area contributed by atoms with Crippen molar-refractivity contribution in [3.8, 4) is 5.82 Å². The van der Waals surface area contributed by atoms with Crippen molar-refractivity contribution in [3.05, 3.63) is 27.4 Å². The quantitative estimate of drug-likeness (QED) is 0.850. The molecule has 0 atom stereocenters. The molecule has 0 unspecified atom stereocenters. The number of hydrogen-bond donors (Lipinski definition) is 1. The summed E-state index contributed by atoms with van der Waals surface area (Å²) in [5.74, 6) is 1.68. The van der Waals surface area contributed by atoms with Crippen LogP contribution in [0.1, 0.15) is 31.2 Å². The van der Waals surface area contributed by atoms with Crippen molar-refractivity contribution in [2.45, 2.75) is 26.7 Å². The maximum atomic E-state index is 6.06. The van der Waals surface area contributed by atoms with Crippen molar-refractivity contribution in [3.63, 3.8) is 0 Å². The van der Waals surface area contributed by atoms with E-state index >= 15 is 0 Å². The topological polar surface area (TPSA) is 69.6 Å². The molecule has 0 aliphatic rings. The molecule has 2 rings (SSSR count). The number of nitrogens with two attached hydrogens (primary N) is 1. The van der Waals surface area contributed by atoms with Gasteiger partial charge in [-0.15, -0.1) is 0 Å². The van der Waals surface area contributed by atoms with Crippen LogP contribution in [0.3, 0.4) is 0 Å². The zero-order chi connectivity index (χ0) is 12.6. The summed E-state index contributed by atoms with van der Waals surface area (Å²) >= 11 is 2.22. The van der Waals surface area contributed by atoms with E-state index in [9.17, 15) is 0 Å². The lowest BCUT2D eigenvalue weighted by Gasteiger charge is -2.02. The lowest BCUT2D eigenvalue weighted by molar-refractivity contribution is 0.756. The Balaban J connectivity index is 2.57. The van der Waals surface area contributed by atoms with Crippen molar-refractivity contribution >= 4 is 28.4 Å². The average molecular weight is 343 g/mol. The summed E-state index contributed by atoms with van der Waals surface area (Å²) in [6, 6.07) is 1.86. The van der Waals surface area contributed by atoms with Crippen LogP contribution >= 0.6 is 22.6 Å². The Morgan fingerprint density at radius 1 is 1.35 bits per heavy atom. The molecule has 90 valence electrons. The van der Waals surface area contributed by atoms with Gasteiger partial charge in [0.25, 0.3) is 0 Å². The van der Waals surface area contributed by atoms with Gasteiger partial charge in [-0.1, -0.05) is 13.8 Å². The highest BCUT2D eigenvalue weighted by atomic mass is 127. The minimum atomic E-state index is 0.341. The minimum absolute atomic E-state index is 0.341. The molecule has 0 radical (unpaired) electrons. The third-order valence-corrected chi connectivity index (χ3v) is 3.54. The summed E-state index contributed by atoms with van der Waals surface area (Å²) in [6.07, 6.45) is 1.52. The third kappa shape index (κ3) is 2.26. The summed E-state index contributed by atoms with van der Waals surface area (Å²) in [5, 5.41) is 4.51. The highest BCUT2D eigenvalue weighted by molar-refractivity contribution is 14.1. The molecule has 6 heteroatoms. The van der Waals surface area contributed by atoms with E-state index in [4.69, 9.17) is 5.73 Å². The van der Waals surface area contributed by atoms with E-state index in [1.165, 1.54) is 6.33 Å². The van der Waals surface area contributed by atoms with Gasteiger partial charge in [0.15, 0.2) is 5.82 Å². The molecule has 5 nitrogen and oxygen atoms in total. The van der Waals surface area contributed by atoms with Crippen LogP contribution in [-0.4, -0.2) is 19.7 Å². The van der Waals surface area contributed by atoms with Crippen LogP contribution in [0.2, 0.25) is 0 Å². The highest BCUT2D eigenvalue weighted by Gasteiger charge is 2.17. The van der Waals surface area contributed by atoms with E-state index in [2.05, 4.69) is 51.5 Å². The first-order valence-electron chi connectivity index (χ1n) is 5.33. The molecule has 0 saturated carbocycles. The molecule has 17 heavy (non-hydrogen) atoms. The molecule has 0 aliphatic heterocycles. The second-order valence-corrected chi connectivity index (χ2v) is 5.25. The summed E-state index contributed by atoms with van der Waals surface area (Å²) in [7, 11) is 0. The second kappa shape index (κ2) is 4.59. The normalized spacial score (nSPS) is 11.1.